The molecule has 3 aromatic rings. The molecule has 3 amide bonds. The Morgan fingerprint density at radius 1 is 0.864 bits per heavy atom. The van der Waals surface area contributed by atoms with E-state index in [1.165, 1.54) is 42.4 Å². The lowest BCUT2D eigenvalue weighted by atomic mass is 10.1. The molecular weight excluding hydrogens is 570 g/mol. The molecule has 1 aliphatic heterocycles. The fourth-order valence-corrected chi connectivity index (χ4v) is 4.37. The van der Waals surface area contributed by atoms with Crippen LogP contribution >= 0.6 is 0 Å². The molecule has 0 radical (unpaired) electrons. The van der Waals surface area contributed by atoms with E-state index in [2.05, 4.69) is 10.6 Å². The molecule has 0 atom stereocenters. The van der Waals surface area contributed by atoms with Crippen molar-refractivity contribution in [3.8, 4) is 5.75 Å². The van der Waals surface area contributed by atoms with Crippen LogP contribution in [0.1, 0.15) is 42.6 Å². The van der Waals surface area contributed by atoms with Crippen LogP contribution in [0.3, 0.4) is 0 Å². The zero-order valence-corrected chi connectivity index (χ0v) is 24.6. The van der Waals surface area contributed by atoms with Crippen LogP contribution in [-0.4, -0.2) is 50.0 Å². The van der Waals surface area contributed by atoms with Gasteiger partial charge in [0, 0.05) is 17.1 Å². The zero-order chi connectivity index (χ0) is 31.8. The number of carbonyl (C=O) groups excluding carboxylic acids is 5. The number of rotatable bonds is 10. The molecule has 1 aliphatic rings. The van der Waals surface area contributed by atoms with E-state index >= 15 is 0 Å². The van der Waals surface area contributed by atoms with Crippen molar-refractivity contribution >= 4 is 47.1 Å². The van der Waals surface area contributed by atoms with Crippen LogP contribution < -0.4 is 20.3 Å². The third kappa shape index (κ3) is 7.04. The van der Waals surface area contributed by atoms with E-state index in [0.717, 1.165) is 0 Å². The molecule has 0 fully saturated rings. The summed E-state index contributed by atoms with van der Waals surface area (Å²) in [4.78, 5) is 64.3. The fraction of sp³-hybridized carbons (Fsp3) is 0.219. The SMILES string of the molecule is CCOC(=O)C1=C(C)N(c2ccc(OC)cc2)C(=O)/C1=C/c1ccc(CNC(=O)C(=O)Nc2ccc(C(=O)OCC)cc2)o1. The summed E-state index contributed by atoms with van der Waals surface area (Å²) in [5.41, 5.74) is 1.74. The van der Waals surface area contributed by atoms with E-state index < -0.39 is 29.7 Å². The summed E-state index contributed by atoms with van der Waals surface area (Å²) in [6.45, 7) is 5.25. The number of amides is 3. The lowest BCUT2D eigenvalue weighted by Crippen LogP contribution is -2.34. The first kappa shape index (κ1) is 31.3. The summed E-state index contributed by atoms with van der Waals surface area (Å²) in [6, 6.07) is 15.9. The predicted molar refractivity (Wildman–Crippen MR) is 159 cm³/mol. The summed E-state index contributed by atoms with van der Waals surface area (Å²) in [6.07, 6.45) is 1.43. The highest BCUT2D eigenvalue weighted by Gasteiger charge is 2.38. The number of carbonyl (C=O) groups is 5. The standard InChI is InChI=1S/C32H31N3O9/c1-5-42-31(39)20-7-9-21(10-8-20)34-29(37)28(36)33-18-25-16-15-24(44-25)17-26-27(32(40)43-6-2)19(3)35(30(26)38)22-11-13-23(41-4)14-12-22/h7-17H,5-6,18H2,1-4H3,(H,33,36)(H,34,37)/b26-17+. The molecule has 12 nitrogen and oxygen atoms in total. The second-order valence-corrected chi connectivity index (χ2v) is 9.32. The van der Waals surface area contributed by atoms with E-state index in [1.807, 2.05) is 0 Å². The van der Waals surface area contributed by atoms with E-state index in [0.29, 0.717) is 34.1 Å². The maximum atomic E-state index is 13.5. The molecule has 228 valence electrons. The van der Waals surface area contributed by atoms with Crippen molar-refractivity contribution in [1.82, 2.24) is 5.32 Å². The first-order chi connectivity index (χ1) is 21.2. The fourth-order valence-electron chi connectivity index (χ4n) is 4.37. The minimum atomic E-state index is -0.919. The van der Waals surface area contributed by atoms with Crippen molar-refractivity contribution in [2.45, 2.75) is 27.3 Å². The summed E-state index contributed by atoms with van der Waals surface area (Å²) >= 11 is 0. The summed E-state index contributed by atoms with van der Waals surface area (Å²) in [5, 5.41) is 4.91. The van der Waals surface area contributed by atoms with Gasteiger partial charge < -0.3 is 29.3 Å². The average molecular weight is 602 g/mol. The smallest absolute Gasteiger partial charge is 0.340 e. The first-order valence-electron chi connectivity index (χ1n) is 13.7. The number of furan rings is 1. The lowest BCUT2D eigenvalue weighted by Gasteiger charge is -2.18. The number of hydrogen-bond donors (Lipinski definition) is 2. The van der Waals surface area contributed by atoms with Gasteiger partial charge in [-0.05, 0) is 87.5 Å². The Kier molecular flexibility index (Phi) is 9.96. The molecule has 0 bridgehead atoms. The summed E-state index contributed by atoms with van der Waals surface area (Å²) in [7, 11) is 1.54. The van der Waals surface area contributed by atoms with Crippen LogP contribution in [-0.2, 0) is 35.2 Å². The molecule has 1 aromatic heterocycles. The number of esters is 2. The third-order valence-electron chi connectivity index (χ3n) is 6.46. The second kappa shape index (κ2) is 14.0. The van der Waals surface area contributed by atoms with E-state index in [-0.39, 0.29) is 36.7 Å². The summed E-state index contributed by atoms with van der Waals surface area (Å²) in [5.74, 6) is -2.28. The largest absolute Gasteiger partial charge is 0.497 e. The van der Waals surface area contributed by atoms with Gasteiger partial charge in [0.05, 0.1) is 43.6 Å². The monoisotopic (exact) mass is 601 g/mol. The molecule has 2 N–H and O–H groups in total. The van der Waals surface area contributed by atoms with Gasteiger partial charge in [0.1, 0.15) is 17.3 Å². The molecule has 0 unspecified atom stereocenters. The maximum Gasteiger partial charge on any atom is 0.340 e. The number of anilines is 2. The highest BCUT2D eigenvalue weighted by molar-refractivity contribution is 6.39. The van der Waals surface area contributed by atoms with E-state index in [9.17, 15) is 24.0 Å². The molecule has 0 aliphatic carbocycles. The molecule has 4 rings (SSSR count). The normalized spacial score (nSPS) is 13.6. The first-order valence-corrected chi connectivity index (χ1v) is 13.7. The van der Waals surface area contributed by atoms with Crippen molar-refractivity contribution in [3.05, 3.63) is 94.6 Å². The Morgan fingerprint density at radius 2 is 1.52 bits per heavy atom. The number of allylic oxidation sites excluding steroid dienone is 1. The molecule has 2 heterocycles. The number of ether oxygens (including phenoxy) is 3. The molecule has 12 heteroatoms. The lowest BCUT2D eigenvalue weighted by molar-refractivity contribution is -0.138. The Labute approximate surface area is 253 Å². The van der Waals surface area contributed by atoms with Gasteiger partial charge in [0.25, 0.3) is 5.91 Å². The van der Waals surface area contributed by atoms with Crippen molar-refractivity contribution in [2.75, 3.05) is 30.5 Å². The minimum Gasteiger partial charge on any atom is -0.497 e. The Balaban J connectivity index is 1.44. The van der Waals surface area contributed by atoms with Gasteiger partial charge in [-0.3, -0.25) is 19.3 Å². The van der Waals surface area contributed by atoms with Crippen LogP contribution in [0, 0.1) is 0 Å². The minimum absolute atomic E-state index is 0.0788. The Morgan fingerprint density at radius 3 is 2.16 bits per heavy atom. The Bertz CT molecular complexity index is 1630. The van der Waals surface area contributed by atoms with Crippen molar-refractivity contribution in [3.63, 3.8) is 0 Å². The predicted octanol–water partition coefficient (Wildman–Crippen LogP) is 3.99. The molecule has 0 saturated heterocycles. The van der Waals surface area contributed by atoms with Crippen LogP contribution in [0.5, 0.6) is 5.75 Å². The quantitative estimate of drug-likeness (QED) is 0.200. The van der Waals surface area contributed by atoms with Gasteiger partial charge in [-0.2, -0.15) is 0 Å². The van der Waals surface area contributed by atoms with Gasteiger partial charge in [-0.25, -0.2) is 9.59 Å². The van der Waals surface area contributed by atoms with Gasteiger partial charge in [-0.1, -0.05) is 0 Å². The van der Waals surface area contributed by atoms with Gasteiger partial charge >= 0.3 is 23.8 Å². The third-order valence-corrected chi connectivity index (χ3v) is 6.46. The van der Waals surface area contributed by atoms with Crippen molar-refractivity contribution < 1.29 is 42.6 Å². The number of nitrogens with zero attached hydrogens (tertiary/aromatic N) is 1. The van der Waals surface area contributed by atoms with Crippen LogP contribution in [0.25, 0.3) is 6.08 Å². The topological polar surface area (TPSA) is 153 Å². The van der Waals surface area contributed by atoms with Crippen LogP contribution in [0.4, 0.5) is 11.4 Å². The molecule has 44 heavy (non-hydrogen) atoms. The highest BCUT2D eigenvalue weighted by atomic mass is 16.5. The number of methoxy groups -OCH3 is 1. The van der Waals surface area contributed by atoms with Gasteiger partial charge in [-0.15, -0.1) is 0 Å². The summed E-state index contributed by atoms with van der Waals surface area (Å²) < 4.78 is 21.1. The molecular formula is C32H31N3O9. The van der Waals surface area contributed by atoms with Crippen LogP contribution in [0.15, 0.2) is 81.9 Å². The van der Waals surface area contributed by atoms with Crippen molar-refractivity contribution in [1.29, 1.82) is 0 Å². The number of nitrogens with one attached hydrogen (secondary N) is 2. The Hall–Kier alpha value is -5.65. The number of benzene rings is 2. The highest BCUT2D eigenvalue weighted by Crippen LogP contribution is 2.36. The van der Waals surface area contributed by atoms with Gasteiger partial charge in [0.2, 0.25) is 0 Å². The van der Waals surface area contributed by atoms with E-state index in [4.69, 9.17) is 18.6 Å². The van der Waals surface area contributed by atoms with Crippen LogP contribution in [0.2, 0.25) is 0 Å². The van der Waals surface area contributed by atoms with Gasteiger partial charge in [0.15, 0.2) is 0 Å². The van der Waals surface area contributed by atoms with Crippen molar-refractivity contribution in [2.24, 2.45) is 0 Å². The molecule has 0 spiro atoms. The van der Waals surface area contributed by atoms with E-state index in [1.54, 1.807) is 57.2 Å². The molecule has 0 saturated carbocycles. The second-order valence-electron chi connectivity index (χ2n) is 9.32. The number of hydrogen-bond acceptors (Lipinski definition) is 9. The maximum absolute atomic E-state index is 13.5. The zero-order valence-electron chi connectivity index (χ0n) is 24.6. The molecule has 2 aromatic carbocycles. The average Bonchev–Trinajstić information content (AvgIpc) is 3.57.